The number of nitrogens with zero attached hydrogens (tertiary/aromatic N) is 3. The number of anilines is 2. The highest BCUT2D eigenvalue weighted by molar-refractivity contribution is 6.12. The molecule has 6 nitrogen and oxygen atoms in total. The van der Waals surface area contributed by atoms with Gasteiger partial charge in [-0.3, -0.25) is 9.69 Å². The monoisotopic (exact) mass is 504 g/mol. The van der Waals surface area contributed by atoms with Crippen molar-refractivity contribution in [3.05, 3.63) is 131 Å². The van der Waals surface area contributed by atoms with Gasteiger partial charge in [0.15, 0.2) is 0 Å². The Bertz CT molecular complexity index is 1610. The molecule has 1 amide bonds. The van der Waals surface area contributed by atoms with Gasteiger partial charge in [-0.05, 0) is 74.5 Å². The van der Waals surface area contributed by atoms with Crippen molar-refractivity contribution in [1.29, 1.82) is 0 Å². The van der Waals surface area contributed by atoms with E-state index < -0.39 is 6.17 Å². The number of hydrogen-bond acceptors (Lipinski definition) is 4. The maximum Gasteiger partial charge on any atom is 0.262 e. The molecule has 1 aliphatic rings. The van der Waals surface area contributed by atoms with E-state index in [0.29, 0.717) is 28.5 Å². The molecule has 1 aromatic heterocycles. The van der Waals surface area contributed by atoms with E-state index in [1.54, 1.807) is 21.7 Å². The van der Waals surface area contributed by atoms with Crippen LogP contribution in [0.15, 0.2) is 103 Å². The first-order valence-corrected chi connectivity index (χ1v) is 12.3. The molecule has 7 heteroatoms. The van der Waals surface area contributed by atoms with Gasteiger partial charge in [0.1, 0.15) is 17.7 Å². The number of fused-ring (bicyclic) bond motifs is 1. The van der Waals surface area contributed by atoms with Gasteiger partial charge in [-0.25, -0.2) is 9.07 Å². The number of halogens is 1. The molecule has 0 aliphatic carbocycles. The number of aromatic nitrogens is 2. The predicted octanol–water partition coefficient (Wildman–Crippen LogP) is 7.19. The average Bonchev–Trinajstić information content (AvgIpc) is 3.26. The maximum atomic E-state index is 14.0. The van der Waals surface area contributed by atoms with Crippen LogP contribution in [0.25, 0.3) is 5.69 Å². The SMILES string of the molecule is Cc1ccc(N2C(=O)c3ccccc3N[C@@H]2c2c(C)nn(-c3ccccc3)c2Oc2ccc(F)cc2)cc1. The van der Waals surface area contributed by atoms with E-state index in [2.05, 4.69) is 5.32 Å². The van der Waals surface area contributed by atoms with Gasteiger partial charge in [-0.15, -0.1) is 0 Å². The lowest BCUT2D eigenvalue weighted by molar-refractivity contribution is 0.0974. The summed E-state index contributed by atoms with van der Waals surface area (Å²) in [6.07, 6.45) is -0.618. The standard InChI is InChI=1S/C31H25FN4O2/c1-20-12-16-23(17-13-20)35-29(33-27-11-7-6-10-26(27)30(35)37)28-21(2)34-36(24-8-4-3-5-9-24)31(28)38-25-18-14-22(32)15-19-25/h3-19,29,33H,1-2H3/t29-/m0/s1. The summed E-state index contributed by atoms with van der Waals surface area (Å²) in [6, 6.07) is 30.8. The fraction of sp³-hybridized carbons (Fsp3) is 0.0968. The smallest absolute Gasteiger partial charge is 0.262 e. The minimum absolute atomic E-state index is 0.132. The third-order valence-electron chi connectivity index (χ3n) is 6.60. The van der Waals surface area contributed by atoms with E-state index in [1.165, 1.54) is 12.1 Å². The van der Waals surface area contributed by atoms with Gasteiger partial charge in [0.2, 0.25) is 5.88 Å². The van der Waals surface area contributed by atoms with Crippen molar-refractivity contribution >= 4 is 17.3 Å². The molecule has 1 aliphatic heterocycles. The van der Waals surface area contributed by atoms with Gasteiger partial charge < -0.3 is 10.1 Å². The molecule has 4 aromatic carbocycles. The molecule has 1 N–H and O–H groups in total. The van der Waals surface area contributed by atoms with Gasteiger partial charge in [0.25, 0.3) is 5.91 Å². The Kier molecular flexibility index (Phi) is 5.88. The summed E-state index contributed by atoms with van der Waals surface area (Å²) < 4.78 is 21.8. The Hall–Kier alpha value is -4.91. The van der Waals surface area contributed by atoms with Crippen LogP contribution in [-0.2, 0) is 0 Å². The number of para-hydroxylation sites is 2. The topological polar surface area (TPSA) is 59.4 Å². The Morgan fingerprint density at radius 1 is 0.816 bits per heavy atom. The van der Waals surface area contributed by atoms with E-state index in [4.69, 9.17) is 9.84 Å². The van der Waals surface area contributed by atoms with Gasteiger partial charge in [0.05, 0.1) is 22.5 Å². The van der Waals surface area contributed by atoms with Crippen LogP contribution >= 0.6 is 0 Å². The summed E-state index contributed by atoms with van der Waals surface area (Å²) in [5.74, 6) is 0.399. The molecule has 2 heterocycles. The van der Waals surface area contributed by atoms with E-state index in [9.17, 15) is 9.18 Å². The number of amides is 1. The lowest BCUT2D eigenvalue weighted by Crippen LogP contribution is -2.43. The number of carbonyl (C=O) groups is 1. The van der Waals surface area contributed by atoms with Gasteiger partial charge in [-0.1, -0.05) is 48.0 Å². The zero-order chi connectivity index (χ0) is 26.2. The third-order valence-corrected chi connectivity index (χ3v) is 6.60. The van der Waals surface area contributed by atoms with Crippen LogP contribution in [-0.4, -0.2) is 15.7 Å². The molecule has 0 saturated heterocycles. The molecule has 0 bridgehead atoms. The van der Waals surface area contributed by atoms with E-state index in [1.807, 2.05) is 92.7 Å². The third kappa shape index (κ3) is 4.18. The van der Waals surface area contributed by atoms with E-state index >= 15 is 0 Å². The second kappa shape index (κ2) is 9.52. The van der Waals surface area contributed by atoms with Crippen LogP contribution in [0.4, 0.5) is 15.8 Å². The van der Waals surface area contributed by atoms with Crippen LogP contribution in [0.5, 0.6) is 11.6 Å². The molecule has 0 saturated carbocycles. The molecule has 5 aromatic rings. The molecule has 188 valence electrons. The average molecular weight is 505 g/mol. The first kappa shape index (κ1) is 23.5. The molecular formula is C31H25FN4O2. The first-order chi connectivity index (χ1) is 18.5. The van der Waals surface area contributed by atoms with Crippen molar-refractivity contribution in [3.63, 3.8) is 0 Å². The molecule has 0 fully saturated rings. The fourth-order valence-corrected chi connectivity index (χ4v) is 4.72. The highest BCUT2D eigenvalue weighted by atomic mass is 19.1. The molecule has 6 rings (SSSR count). The fourth-order valence-electron chi connectivity index (χ4n) is 4.72. The molecule has 38 heavy (non-hydrogen) atoms. The highest BCUT2D eigenvalue weighted by Gasteiger charge is 2.38. The number of carbonyl (C=O) groups excluding carboxylic acids is 1. The molecular weight excluding hydrogens is 479 g/mol. The number of ether oxygens (including phenoxy) is 1. The van der Waals surface area contributed by atoms with Crippen LogP contribution in [0, 0.1) is 19.7 Å². The molecule has 0 unspecified atom stereocenters. The summed E-state index contributed by atoms with van der Waals surface area (Å²) >= 11 is 0. The first-order valence-electron chi connectivity index (χ1n) is 12.3. The second-order valence-corrected chi connectivity index (χ2v) is 9.21. The molecule has 0 radical (unpaired) electrons. The number of aryl methyl sites for hydroxylation is 2. The van der Waals surface area contributed by atoms with Crippen LogP contribution in [0.3, 0.4) is 0 Å². The summed E-state index contributed by atoms with van der Waals surface area (Å²) in [5, 5.41) is 8.39. The largest absolute Gasteiger partial charge is 0.438 e. The van der Waals surface area contributed by atoms with Gasteiger partial charge in [-0.2, -0.15) is 5.10 Å². The van der Waals surface area contributed by atoms with Gasteiger partial charge in [0, 0.05) is 11.4 Å². The zero-order valence-electron chi connectivity index (χ0n) is 20.9. The lowest BCUT2D eigenvalue weighted by atomic mass is 10.0. The summed E-state index contributed by atoms with van der Waals surface area (Å²) in [6.45, 7) is 3.90. The highest BCUT2D eigenvalue weighted by Crippen LogP contribution is 2.43. The quantitative estimate of drug-likeness (QED) is 0.275. The minimum atomic E-state index is -0.618. The Balaban J connectivity index is 1.56. The molecule has 1 atom stereocenters. The summed E-state index contributed by atoms with van der Waals surface area (Å²) in [5.41, 5.74) is 5.32. The number of nitrogens with one attached hydrogen (secondary N) is 1. The van der Waals surface area contributed by atoms with Crippen molar-refractivity contribution < 1.29 is 13.9 Å². The maximum absolute atomic E-state index is 14.0. The van der Waals surface area contributed by atoms with Crippen LogP contribution < -0.4 is 15.0 Å². The Labute approximate surface area is 219 Å². The molecule has 0 spiro atoms. The van der Waals surface area contributed by atoms with Gasteiger partial charge >= 0.3 is 0 Å². The second-order valence-electron chi connectivity index (χ2n) is 9.21. The zero-order valence-corrected chi connectivity index (χ0v) is 20.9. The summed E-state index contributed by atoms with van der Waals surface area (Å²) in [4.78, 5) is 15.7. The van der Waals surface area contributed by atoms with Crippen LogP contribution in [0.1, 0.15) is 33.3 Å². The van der Waals surface area contributed by atoms with E-state index in [0.717, 1.165) is 22.6 Å². The lowest BCUT2D eigenvalue weighted by Gasteiger charge is -2.38. The Morgan fingerprint density at radius 3 is 2.24 bits per heavy atom. The normalized spacial score (nSPS) is 14.7. The number of hydrogen-bond donors (Lipinski definition) is 1. The number of rotatable bonds is 5. The minimum Gasteiger partial charge on any atom is -0.438 e. The van der Waals surface area contributed by atoms with Crippen molar-refractivity contribution in [2.75, 3.05) is 10.2 Å². The van der Waals surface area contributed by atoms with Crippen molar-refractivity contribution in [1.82, 2.24) is 9.78 Å². The van der Waals surface area contributed by atoms with Crippen molar-refractivity contribution in [2.24, 2.45) is 0 Å². The predicted molar refractivity (Wildman–Crippen MR) is 146 cm³/mol. The van der Waals surface area contributed by atoms with Crippen molar-refractivity contribution in [3.8, 4) is 17.3 Å². The Morgan fingerprint density at radius 2 is 1.50 bits per heavy atom. The van der Waals surface area contributed by atoms with Crippen molar-refractivity contribution in [2.45, 2.75) is 20.0 Å². The number of benzene rings is 4. The summed E-state index contributed by atoms with van der Waals surface area (Å²) in [7, 11) is 0. The van der Waals surface area contributed by atoms with E-state index in [-0.39, 0.29) is 11.7 Å². The van der Waals surface area contributed by atoms with Crippen LogP contribution in [0.2, 0.25) is 0 Å².